The van der Waals surface area contributed by atoms with Crippen LogP contribution in [0, 0.1) is 5.92 Å². The summed E-state index contributed by atoms with van der Waals surface area (Å²) in [6.07, 6.45) is 3.75. The molecule has 2 aromatic rings. The fourth-order valence-electron chi connectivity index (χ4n) is 3.39. The molecule has 0 spiro atoms. The van der Waals surface area contributed by atoms with E-state index in [0.29, 0.717) is 30.5 Å². The fourth-order valence-corrected chi connectivity index (χ4v) is 4.02. The van der Waals surface area contributed by atoms with Crippen molar-refractivity contribution >= 4 is 15.9 Å². The maximum atomic E-state index is 12.1. The second-order valence-corrected chi connectivity index (χ2v) is 10.4. The number of amides is 1. The van der Waals surface area contributed by atoms with Crippen molar-refractivity contribution in [3.8, 4) is 11.3 Å². The molecule has 1 aromatic carbocycles. The Bertz CT molecular complexity index is 965. The Labute approximate surface area is 185 Å². The van der Waals surface area contributed by atoms with Crippen molar-refractivity contribution in [3.05, 3.63) is 48.2 Å². The average molecular weight is 446 g/mol. The number of sulfone groups is 1. The normalized spacial score (nSPS) is 15.3. The van der Waals surface area contributed by atoms with Crippen LogP contribution in [0.25, 0.3) is 11.3 Å². The molecule has 0 saturated carbocycles. The lowest BCUT2D eigenvalue weighted by Gasteiger charge is -2.34. The van der Waals surface area contributed by atoms with Gasteiger partial charge in [0.25, 0.3) is 0 Å². The van der Waals surface area contributed by atoms with E-state index in [2.05, 4.69) is 16.0 Å². The quantitative estimate of drug-likeness (QED) is 0.652. The molecule has 168 valence electrons. The van der Waals surface area contributed by atoms with Crippen LogP contribution in [-0.2, 0) is 21.0 Å². The Morgan fingerprint density at radius 1 is 1.06 bits per heavy atom. The number of ether oxygens (including phenoxy) is 1. The molecule has 1 aliphatic rings. The summed E-state index contributed by atoms with van der Waals surface area (Å²) in [6, 6.07) is 10.8. The van der Waals surface area contributed by atoms with E-state index in [1.54, 1.807) is 29.2 Å². The highest BCUT2D eigenvalue weighted by Gasteiger charge is 2.22. The summed E-state index contributed by atoms with van der Waals surface area (Å²) >= 11 is 0. The van der Waals surface area contributed by atoms with Crippen molar-refractivity contribution in [3.63, 3.8) is 0 Å². The van der Waals surface area contributed by atoms with Crippen LogP contribution in [0.3, 0.4) is 0 Å². The third kappa shape index (κ3) is 6.77. The first-order chi connectivity index (χ1) is 14.7. The molecule has 1 fully saturated rings. The number of piperazine rings is 1. The fraction of sp³-hybridized carbons (Fsp3) is 0.478. The molecule has 1 aliphatic heterocycles. The van der Waals surface area contributed by atoms with E-state index in [0.717, 1.165) is 42.9 Å². The van der Waals surface area contributed by atoms with E-state index >= 15 is 0 Å². The van der Waals surface area contributed by atoms with Crippen LogP contribution < -0.4 is 0 Å². The van der Waals surface area contributed by atoms with Gasteiger partial charge >= 0.3 is 6.09 Å². The summed E-state index contributed by atoms with van der Waals surface area (Å²) in [4.78, 5) is 21.0. The Morgan fingerprint density at radius 2 is 1.74 bits per heavy atom. The van der Waals surface area contributed by atoms with Gasteiger partial charge in [-0.1, -0.05) is 32.0 Å². The van der Waals surface area contributed by atoms with Gasteiger partial charge < -0.3 is 9.64 Å². The lowest BCUT2D eigenvalue weighted by molar-refractivity contribution is 0.0693. The second kappa shape index (κ2) is 10.2. The minimum absolute atomic E-state index is 0.210. The number of rotatable bonds is 7. The van der Waals surface area contributed by atoms with E-state index < -0.39 is 9.84 Å². The molecular formula is C23H31N3O4S. The van der Waals surface area contributed by atoms with Gasteiger partial charge in [-0.3, -0.25) is 9.88 Å². The molecule has 8 heteroatoms. The van der Waals surface area contributed by atoms with E-state index in [1.807, 2.05) is 26.1 Å². The highest BCUT2D eigenvalue weighted by molar-refractivity contribution is 7.90. The minimum atomic E-state index is -3.20. The maximum absolute atomic E-state index is 12.1. The largest absolute Gasteiger partial charge is 0.449 e. The van der Waals surface area contributed by atoms with Crippen molar-refractivity contribution in [1.29, 1.82) is 0 Å². The van der Waals surface area contributed by atoms with Crippen molar-refractivity contribution < 1.29 is 17.9 Å². The van der Waals surface area contributed by atoms with Gasteiger partial charge in [-0.2, -0.15) is 0 Å². The Hall–Kier alpha value is -2.45. The predicted octanol–water partition coefficient (Wildman–Crippen LogP) is 3.10. The molecule has 0 atom stereocenters. The molecule has 0 radical (unpaired) electrons. The van der Waals surface area contributed by atoms with Crippen LogP contribution >= 0.6 is 0 Å². The SMILES string of the molecule is CC(C)COC(=O)N1CCN(CCc2ccc(-c3ccc(S(C)(=O)=O)cc3)nc2)CC1. The van der Waals surface area contributed by atoms with Gasteiger partial charge in [0, 0.05) is 50.7 Å². The van der Waals surface area contributed by atoms with Crippen molar-refractivity contribution in [2.45, 2.75) is 25.2 Å². The van der Waals surface area contributed by atoms with Gasteiger partial charge in [-0.05, 0) is 36.1 Å². The highest BCUT2D eigenvalue weighted by atomic mass is 32.2. The average Bonchev–Trinajstić information content (AvgIpc) is 2.76. The van der Waals surface area contributed by atoms with Gasteiger partial charge in [-0.15, -0.1) is 0 Å². The van der Waals surface area contributed by atoms with Crippen LogP contribution in [0.4, 0.5) is 4.79 Å². The van der Waals surface area contributed by atoms with Gasteiger partial charge in [-0.25, -0.2) is 13.2 Å². The van der Waals surface area contributed by atoms with Crippen LogP contribution in [-0.4, -0.2) is 74.9 Å². The zero-order valence-electron chi connectivity index (χ0n) is 18.5. The lowest BCUT2D eigenvalue weighted by Crippen LogP contribution is -2.49. The molecule has 1 saturated heterocycles. The standard InChI is InChI=1S/C23H31N3O4S/c1-18(2)17-30-23(27)26-14-12-25(13-15-26)11-10-19-4-9-22(24-16-19)20-5-7-21(8-6-20)31(3,28)29/h4-9,16,18H,10-15,17H2,1-3H3. The van der Waals surface area contributed by atoms with Crippen molar-refractivity contribution in [2.24, 2.45) is 5.92 Å². The number of nitrogens with zero attached hydrogens (tertiary/aromatic N) is 3. The van der Waals surface area contributed by atoms with Gasteiger partial charge in [0.1, 0.15) is 0 Å². The van der Waals surface area contributed by atoms with E-state index in [-0.39, 0.29) is 6.09 Å². The first-order valence-electron chi connectivity index (χ1n) is 10.6. The smallest absolute Gasteiger partial charge is 0.409 e. The number of benzene rings is 1. The molecule has 0 bridgehead atoms. The number of pyridine rings is 1. The predicted molar refractivity (Wildman–Crippen MR) is 121 cm³/mol. The molecule has 0 unspecified atom stereocenters. The van der Waals surface area contributed by atoms with Gasteiger partial charge in [0.05, 0.1) is 17.2 Å². The summed E-state index contributed by atoms with van der Waals surface area (Å²) in [5.74, 6) is 0.345. The minimum Gasteiger partial charge on any atom is -0.449 e. The maximum Gasteiger partial charge on any atom is 0.409 e. The van der Waals surface area contributed by atoms with E-state index in [9.17, 15) is 13.2 Å². The molecule has 2 heterocycles. The number of carbonyl (C=O) groups excluding carboxylic acids is 1. The lowest BCUT2D eigenvalue weighted by atomic mass is 10.1. The van der Waals surface area contributed by atoms with E-state index in [4.69, 9.17) is 4.74 Å². The summed E-state index contributed by atoms with van der Waals surface area (Å²) in [6.45, 7) is 8.50. The monoisotopic (exact) mass is 445 g/mol. The molecule has 0 N–H and O–H groups in total. The van der Waals surface area contributed by atoms with Gasteiger partial charge in [0.2, 0.25) is 0 Å². The molecular weight excluding hydrogens is 414 g/mol. The number of aromatic nitrogens is 1. The van der Waals surface area contributed by atoms with Crippen LogP contribution in [0.1, 0.15) is 19.4 Å². The number of hydrogen-bond donors (Lipinski definition) is 0. The molecule has 1 aromatic heterocycles. The Morgan fingerprint density at radius 3 is 2.29 bits per heavy atom. The zero-order valence-corrected chi connectivity index (χ0v) is 19.3. The number of hydrogen-bond acceptors (Lipinski definition) is 6. The third-order valence-electron chi connectivity index (χ3n) is 5.29. The summed E-state index contributed by atoms with van der Waals surface area (Å²) < 4.78 is 28.5. The van der Waals surface area contributed by atoms with Crippen molar-refractivity contribution in [2.75, 3.05) is 45.6 Å². The summed E-state index contributed by atoms with van der Waals surface area (Å²) in [5.41, 5.74) is 2.85. The number of carbonyl (C=O) groups is 1. The van der Waals surface area contributed by atoms with Crippen LogP contribution in [0.2, 0.25) is 0 Å². The van der Waals surface area contributed by atoms with Crippen LogP contribution in [0.15, 0.2) is 47.5 Å². The topological polar surface area (TPSA) is 79.8 Å². The second-order valence-electron chi connectivity index (χ2n) is 8.40. The summed E-state index contributed by atoms with van der Waals surface area (Å²) in [5, 5.41) is 0. The van der Waals surface area contributed by atoms with E-state index in [1.165, 1.54) is 6.26 Å². The highest BCUT2D eigenvalue weighted by Crippen LogP contribution is 2.20. The molecule has 3 rings (SSSR count). The van der Waals surface area contributed by atoms with Crippen molar-refractivity contribution in [1.82, 2.24) is 14.8 Å². The molecule has 1 amide bonds. The first-order valence-corrected chi connectivity index (χ1v) is 12.5. The Kier molecular flexibility index (Phi) is 7.67. The van der Waals surface area contributed by atoms with Gasteiger partial charge in [0.15, 0.2) is 9.84 Å². The van der Waals surface area contributed by atoms with Crippen LogP contribution in [0.5, 0.6) is 0 Å². The third-order valence-corrected chi connectivity index (χ3v) is 6.42. The molecule has 7 nitrogen and oxygen atoms in total. The Balaban J connectivity index is 1.46. The molecule has 31 heavy (non-hydrogen) atoms. The molecule has 0 aliphatic carbocycles. The summed E-state index contributed by atoms with van der Waals surface area (Å²) in [7, 11) is -3.20. The first kappa shape index (κ1) is 23.2. The zero-order chi connectivity index (χ0) is 22.4.